The van der Waals surface area contributed by atoms with E-state index in [-0.39, 0.29) is 5.41 Å². The van der Waals surface area contributed by atoms with Crippen molar-refractivity contribution in [2.75, 3.05) is 0 Å². The van der Waals surface area contributed by atoms with E-state index >= 15 is 0 Å². The molecule has 1 nitrogen and oxygen atoms in total. The van der Waals surface area contributed by atoms with E-state index in [9.17, 15) is 5.11 Å². The lowest BCUT2D eigenvalue weighted by molar-refractivity contribution is 0.448. The van der Waals surface area contributed by atoms with Crippen LogP contribution < -0.4 is 0 Å². The van der Waals surface area contributed by atoms with Crippen molar-refractivity contribution in [2.24, 2.45) is 5.92 Å². The maximum Gasteiger partial charge on any atom is 0.115 e. The Morgan fingerprint density at radius 2 is 1.88 bits per heavy atom. The highest BCUT2D eigenvalue weighted by molar-refractivity contribution is 5.39. The normalized spacial score (nSPS) is 12.1. The van der Waals surface area contributed by atoms with Gasteiger partial charge in [-0.05, 0) is 47.4 Å². The minimum absolute atomic E-state index is 0.151. The topological polar surface area (TPSA) is 20.2 Å². The van der Waals surface area contributed by atoms with Crippen molar-refractivity contribution >= 4 is 0 Å². The van der Waals surface area contributed by atoms with Gasteiger partial charge in [-0.25, -0.2) is 0 Å². The molecule has 0 radical (unpaired) electrons. The molecule has 1 rings (SSSR count). The van der Waals surface area contributed by atoms with Gasteiger partial charge in [0, 0.05) is 0 Å². The van der Waals surface area contributed by atoms with Gasteiger partial charge in [-0.1, -0.05) is 47.1 Å². The largest absolute Gasteiger partial charge is 0.508 e. The van der Waals surface area contributed by atoms with Crippen LogP contribution in [0.2, 0.25) is 0 Å². The molecule has 0 saturated heterocycles. The smallest absolute Gasteiger partial charge is 0.115 e. The van der Waals surface area contributed by atoms with Crippen LogP contribution in [0.1, 0.15) is 58.6 Å². The van der Waals surface area contributed by atoms with Gasteiger partial charge in [0.1, 0.15) is 5.75 Å². The molecule has 0 heterocycles. The SMILES string of the molecule is CCCC(C)(C)c1cc(O)ccc1CC(C)C. The standard InChI is InChI=1S/C16H26O/c1-6-9-16(4,5)15-11-14(17)8-7-13(15)10-12(2)3/h7-8,11-12,17H,6,9-10H2,1-5H3. The molecule has 1 aromatic carbocycles. The van der Waals surface area contributed by atoms with E-state index in [1.807, 2.05) is 12.1 Å². The van der Waals surface area contributed by atoms with Crippen molar-refractivity contribution in [1.29, 1.82) is 0 Å². The van der Waals surface area contributed by atoms with Gasteiger partial charge in [0.25, 0.3) is 0 Å². The van der Waals surface area contributed by atoms with Crippen molar-refractivity contribution in [3.63, 3.8) is 0 Å². The predicted octanol–water partition coefficient (Wildman–Crippen LogP) is 4.67. The zero-order chi connectivity index (χ0) is 13.1. The molecule has 0 aliphatic rings. The van der Waals surface area contributed by atoms with E-state index in [4.69, 9.17) is 0 Å². The molecule has 0 spiro atoms. The average molecular weight is 234 g/mol. The van der Waals surface area contributed by atoms with Crippen molar-refractivity contribution in [3.8, 4) is 5.75 Å². The predicted molar refractivity (Wildman–Crippen MR) is 74.6 cm³/mol. The minimum Gasteiger partial charge on any atom is -0.508 e. The second kappa shape index (κ2) is 5.57. The lowest BCUT2D eigenvalue weighted by Crippen LogP contribution is -2.19. The van der Waals surface area contributed by atoms with Crippen LogP contribution in [0.4, 0.5) is 0 Å². The van der Waals surface area contributed by atoms with E-state index < -0.39 is 0 Å². The van der Waals surface area contributed by atoms with Gasteiger partial charge in [-0.15, -0.1) is 0 Å². The number of aromatic hydroxyl groups is 1. The Kier molecular flexibility index (Phi) is 4.62. The van der Waals surface area contributed by atoms with E-state index in [0.717, 1.165) is 12.8 Å². The Balaban J connectivity index is 3.14. The van der Waals surface area contributed by atoms with Gasteiger partial charge in [0.2, 0.25) is 0 Å². The van der Waals surface area contributed by atoms with Crippen LogP contribution in [0.5, 0.6) is 5.75 Å². The number of hydrogen-bond acceptors (Lipinski definition) is 1. The van der Waals surface area contributed by atoms with Gasteiger partial charge in [-0.2, -0.15) is 0 Å². The van der Waals surface area contributed by atoms with E-state index in [2.05, 4.69) is 40.7 Å². The first kappa shape index (κ1) is 14.1. The molecular formula is C16H26O. The van der Waals surface area contributed by atoms with E-state index in [1.165, 1.54) is 17.5 Å². The number of rotatable bonds is 5. The van der Waals surface area contributed by atoms with Crippen molar-refractivity contribution in [3.05, 3.63) is 29.3 Å². The first-order valence-corrected chi connectivity index (χ1v) is 6.69. The van der Waals surface area contributed by atoms with Crippen LogP contribution >= 0.6 is 0 Å². The summed E-state index contributed by atoms with van der Waals surface area (Å²) in [7, 11) is 0. The molecule has 0 aromatic heterocycles. The summed E-state index contributed by atoms with van der Waals surface area (Å²) in [4.78, 5) is 0. The number of phenolic OH excluding ortho intramolecular Hbond substituents is 1. The molecule has 1 aromatic rings. The summed E-state index contributed by atoms with van der Waals surface area (Å²) in [6.45, 7) is 11.2. The monoisotopic (exact) mass is 234 g/mol. The molecule has 0 atom stereocenters. The lowest BCUT2D eigenvalue weighted by atomic mass is 9.77. The van der Waals surface area contributed by atoms with Gasteiger partial charge in [0.15, 0.2) is 0 Å². The maximum absolute atomic E-state index is 9.70. The summed E-state index contributed by atoms with van der Waals surface area (Å²) < 4.78 is 0. The summed E-state index contributed by atoms with van der Waals surface area (Å²) >= 11 is 0. The molecule has 1 N–H and O–H groups in total. The van der Waals surface area contributed by atoms with Gasteiger partial charge in [0.05, 0.1) is 0 Å². The van der Waals surface area contributed by atoms with Crippen molar-refractivity contribution < 1.29 is 5.11 Å². The highest BCUT2D eigenvalue weighted by atomic mass is 16.3. The number of phenols is 1. The fourth-order valence-corrected chi connectivity index (χ4v) is 2.57. The molecule has 1 heteroatoms. The number of hydrogen-bond donors (Lipinski definition) is 1. The Hall–Kier alpha value is -0.980. The average Bonchev–Trinajstić information content (AvgIpc) is 2.20. The van der Waals surface area contributed by atoms with E-state index in [0.29, 0.717) is 11.7 Å². The summed E-state index contributed by atoms with van der Waals surface area (Å²) in [6.07, 6.45) is 3.41. The third kappa shape index (κ3) is 3.76. The summed E-state index contributed by atoms with van der Waals surface area (Å²) in [5, 5.41) is 9.70. The molecule has 0 unspecified atom stereocenters. The van der Waals surface area contributed by atoms with Crippen LogP contribution in [0.3, 0.4) is 0 Å². The van der Waals surface area contributed by atoms with Crippen molar-refractivity contribution in [1.82, 2.24) is 0 Å². The maximum atomic E-state index is 9.70. The fraction of sp³-hybridized carbons (Fsp3) is 0.625. The first-order chi connectivity index (χ1) is 7.86. The third-order valence-electron chi connectivity index (χ3n) is 3.33. The highest BCUT2D eigenvalue weighted by Crippen LogP contribution is 2.34. The Labute approximate surface area is 106 Å². The molecular weight excluding hydrogens is 208 g/mol. The van der Waals surface area contributed by atoms with Gasteiger partial charge < -0.3 is 5.11 Å². The molecule has 0 aliphatic carbocycles. The van der Waals surface area contributed by atoms with Crippen LogP contribution in [0.25, 0.3) is 0 Å². The first-order valence-electron chi connectivity index (χ1n) is 6.69. The molecule has 0 amide bonds. The van der Waals surface area contributed by atoms with Crippen LogP contribution in [-0.4, -0.2) is 5.11 Å². The molecule has 17 heavy (non-hydrogen) atoms. The third-order valence-corrected chi connectivity index (χ3v) is 3.33. The van der Waals surface area contributed by atoms with Crippen LogP contribution in [-0.2, 0) is 11.8 Å². The minimum atomic E-state index is 0.151. The van der Waals surface area contributed by atoms with Crippen LogP contribution in [0.15, 0.2) is 18.2 Å². The molecule has 0 bridgehead atoms. The molecule has 0 aliphatic heterocycles. The second-order valence-corrected chi connectivity index (χ2v) is 6.07. The van der Waals surface area contributed by atoms with Crippen molar-refractivity contribution in [2.45, 2.75) is 59.3 Å². The van der Waals surface area contributed by atoms with E-state index in [1.54, 1.807) is 0 Å². The fourth-order valence-electron chi connectivity index (χ4n) is 2.57. The zero-order valence-corrected chi connectivity index (χ0v) is 11.9. The van der Waals surface area contributed by atoms with Gasteiger partial charge in [-0.3, -0.25) is 0 Å². The molecule has 96 valence electrons. The van der Waals surface area contributed by atoms with Crippen LogP contribution in [0, 0.1) is 5.92 Å². The quantitative estimate of drug-likeness (QED) is 0.785. The van der Waals surface area contributed by atoms with Gasteiger partial charge >= 0.3 is 0 Å². The Morgan fingerprint density at radius 3 is 2.41 bits per heavy atom. The Morgan fingerprint density at radius 1 is 1.24 bits per heavy atom. The zero-order valence-electron chi connectivity index (χ0n) is 11.9. The molecule has 0 saturated carbocycles. The Bertz CT molecular complexity index is 364. The summed E-state index contributed by atoms with van der Waals surface area (Å²) in [5.74, 6) is 1.03. The summed E-state index contributed by atoms with van der Waals surface area (Å²) in [6, 6.07) is 5.85. The summed E-state index contributed by atoms with van der Waals surface area (Å²) in [5.41, 5.74) is 2.85. The molecule has 0 fully saturated rings. The second-order valence-electron chi connectivity index (χ2n) is 6.07. The highest BCUT2D eigenvalue weighted by Gasteiger charge is 2.23. The lowest BCUT2D eigenvalue weighted by Gasteiger charge is -2.28. The number of benzene rings is 1.